The minimum atomic E-state index is -4.96. The molecular formula is C84H164O17P2. The molecule has 0 aliphatic carbocycles. The van der Waals surface area contributed by atoms with Gasteiger partial charge >= 0.3 is 39.5 Å². The van der Waals surface area contributed by atoms with Crippen molar-refractivity contribution < 1.29 is 80.2 Å². The zero-order chi connectivity index (χ0) is 75.5. The second-order valence-corrected chi connectivity index (χ2v) is 33.6. The Balaban J connectivity index is 5.22. The minimum Gasteiger partial charge on any atom is -0.462 e. The number of phosphoric ester groups is 2. The molecule has 0 spiro atoms. The molecule has 0 bridgehead atoms. The number of hydrogen-bond donors (Lipinski definition) is 3. The zero-order valence-corrected chi connectivity index (χ0v) is 69.3. The van der Waals surface area contributed by atoms with Gasteiger partial charge in [-0.25, -0.2) is 9.13 Å². The van der Waals surface area contributed by atoms with Gasteiger partial charge in [-0.1, -0.05) is 401 Å². The molecule has 0 aromatic heterocycles. The molecule has 5 atom stereocenters. The third-order valence-corrected chi connectivity index (χ3v) is 21.7. The van der Waals surface area contributed by atoms with Crippen LogP contribution in [0.15, 0.2) is 0 Å². The summed E-state index contributed by atoms with van der Waals surface area (Å²) in [5, 5.41) is 10.7. The molecule has 0 aromatic rings. The topological polar surface area (TPSA) is 237 Å². The quantitative estimate of drug-likeness (QED) is 0.0222. The van der Waals surface area contributed by atoms with Gasteiger partial charge in [-0.15, -0.1) is 0 Å². The fourth-order valence-corrected chi connectivity index (χ4v) is 14.7. The Hall–Kier alpha value is -1.94. The molecule has 0 rings (SSSR count). The summed E-state index contributed by atoms with van der Waals surface area (Å²) in [4.78, 5) is 73.2. The predicted molar refractivity (Wildman–Crippen MR) is 423 cm³/mol. The Kier molecular flexibility index (Phi) is 75.4. The first-order valence-corrected chi connectivity index (χ1v) is 46.6. The maximum absolute atomic E-state index is 13.1. The smallest absolute Gasteiger partial charge is 0.462 e. The Morgan fingerprint density at radius 1 is 0.262 bits per heavy atom. The molecule has 2 unspecified atom stereocenters. The summed E-state index contributed by atoms with van der Waals surface area (Å²) in [5.74, 6) is -1.33. The third kappa shape index (κ3) is 78.0. The number of hydrogen-bond acceptors (Lipinski definition) is 15. The minimum absolute atomic E-state index is 0.109. The lowest BCUT2D eigenvalue weighted by Gasteiger charge is -2.21. The molecule has 0 fully saturated rings. The summed E-state index contributed by atoms with van der Waals surface area (Å²) in [6, 6.07) is 0. The average molecular weight is 1510 g/mol. The van der Waals surface area contributed by atoms with E-state index < -0.39 is 97.5 Å². The number of esters is 4. The van der Waals surface area contributed by atoms with E-state index in [1.54, 1.807) is 0 Å². The first kappa shape index (κ1) is 101. The lowest BCUT2D eigenvalue weighted by molar-refractivity contribution is -0.161. The molecular weight excluding hydrogens is 1340 g/mol. The van der Waals surface area contributed by atoms with Gasteiger partial charge in [0.1, 0.15) is 19.3 Å². The standard InChI is InChI=1S/C84H164O17P2/c1-6-9-12-15-18-21-24-27-29-30-31-32-33-34-35-36-39-44-50-55-60-65-70-84(89)101-80(74-95-82(87)68-63-58-53-48-45-40-41-46-51-56-61-66-77(4)5)76-99-103(92,93)97-72-78(85)71-96-102(90,91)98-75-79(73-94-81(86)67-62-57-52-47-42-37-26-23-20-17-14-11-8-3)100-83(88)69-64-59-54-49-43-38-28-25-22-19-16-13-10-7-2/h77-80,85H,6-76H2,1-5H3,(H,90,91)(H,92,93)/t78-,79+,80+/m0/s1. The fraction of sp³-hybridized carbons (Fsp3) is 0.952. The van der Waals surface area contributed by atoms with Gasteiger partial charge < -0.3 is 33.8 Å². The van der Waals surface area contributed by atoms with E-state index in [0.29, 0.717) is 25.7 Å². The largest absolute Gasteiger partial charge is 0.472 e. The second-order valence-electron chi connectivity index (χ2n) is 30.7. The van der Waals surface area contributed by atoms with Crippen molar-refractivity contribution in [1.29, 1.82) is 0 Å². The number of unbranched alkanes of at least 4 members (excludes halogenated alkanes) is 56. The number of carbonyl (C=O) groups is 4. The molecule has 0 heterocycles. The highest BCUT2D eigenvalue weighted by atomic mass is 31.2. The van der Waals surface area contributed by atoms with Gasteiger partial charge in [-0.05, 0) is 31.6 Å². The van der Waals surface area contributed by atoms with Gasteiger partial charge in [-0.2, -0.15) is 0 Å². The van der Waals surface area contributed by atoms with Crippen LogP contribution in [0.2, 0.25) is 0 Å². The van der Waals surface area contributed by atoms with E-state index in [2.05, 4.69) is 34.6 Å². The highest BCUT2D eigenvalue weighted by Crippen LogP contribution is 2.45. The fourth-order valence-electron chi connectivity index (χ4n) is 13.1. The summed E-state index contributed by atoms with van der Waals surface area (Å²) in [6.07, 6.45) is 69.4. The number of ether oxygens (including phenoxy) is 4. The van der Waals surface area contributed by atoms with Gasteiger partial charge in [-0.3, -0.25) is 37.3 Å². The lowest BCUT2D eigenvalue weighted by atomic mass is 10.0. The Labute approximate surface area is 632 Å². The number of carbonyl (C=O) groups excluding carboxylic acids is 4. The summed E-state index contributed by atoms with van der Waals surface area (Å²) >= 11 is 0. The van der Waals surface area contributed by atoms with Crippen LogP contribution in [-0.2, 0) is 65.4 Å². The van der Waals surface area contributed by atoms with E-state index in [0.717, 1.165) is 95.8 Å². The number of rotatable bonds is 84. The molecule has 0 saturated heterocycles. The predicted octanol–water partition coefficient (Wildman–Crippen LogP) is 25.6. The van der Waals surface area contributed by atoms with E-state index in [4.69, 9.17) is 37.0 Å². The normalized spacial score (nSPS) is 13.8. The van der Waals surface area contributed by atoms with Crippen LogP contribution in [-0.4, -0.2) is 96.7 Å². The number of phosphoric acid groups is 2. The van der Waals surface area contributed by atoms with Crippen LogP contribution >= 0.6 is 15.6 Å². The van der Waals surface area contributed by atoms with E-state index in [1.807, 2.05) is 0 Å². The summed E-state index contributed by atoms with van der Waals surface area (Å²) in [5.41, 5.74) is 0. The van der Waals surface area contributed by atoms with Crippen LogP contribution < -0.4 is 0 Å². The van der Waals surface area contributed by atoms with Crippen LogP contribution in [0.3, 0.4) is 0 Å². The molecule has 0 saturated carbocycles. The SMILES string of the molecule is CCCCCCCCCCCCCCCCCCCCCCCCC(=O)O[C@H](COC(=O)CCCCCCCCCCCCCC(C)C)COP(=O)(O)OC[C@@H](O)COP(=O)(O)OC[C@@H](COC(=O)CCCCCCCCCCCCCCC)OC(=O)CCCCCCCCCCCCCCCC. The highest BCUT2D eigenvalue weighted by Gasteiger charge is 2.30. The van der Waals surface area contributed by atoms with E-state index in [-0.39, 0.29) is 25.7 Å². The van der Waals surface area contributed by atoms with Crippen molar-refractivity contribution in [3.8, 4) is 0 Å². The van der Waals surface area contributed by atoms with Crippen LogP contribution in [0.25, 0.3) is 0 Å². The average Bonchev–Trinajstić information content (AvgIpc) is 0.912. The van der Waals surface area contributed by atoms with E-state index >= 15 is 0 Å². The van der Waals surface area contributed by atoms with E-state index in [1.165, 1.54) is 276 Å². The first-order valence-electron chi connectivity index (χ1n) is 43.6. The Morgan fingerprint density at radius 2 is 0.447 bits per heavy atom. The van der Waals surface area contributed by atoms with Crippen molar-refractivity contribution in [2.45, 2.75) is 470 Å². The van der Waals surface area contributed by atoms with E-state index in [9.17, 15) is 43.2 Å². The summed E-state index contributed by atoms with van der Waals surface area (Å²) < 4.78 is 68.8. The Morgan fingerprint density at radius 3 is 0.660 bits per heavy atom. The molecule has 19 heteroatoms. The molecule has 0 aromatic carbocycles. The monoisotopic (exact) mass is 1510 g/mol. The Bertz CT molecular complexity index is 1960. The van der Waals surface area contributed by atoms with Gasteiger partial charge in [0.2, 0.25) is 0 Å². The highest BCUT2D eigenvalue weighted by molar-refractivity contribution is 7.47. The van der Waals surface area contributed by atoms with Crippen LogP contribution in [0.5, 0.6) is 0 Å². The van der Waals surface area contributed by atoms with Crippen LogP contribution in [0, 0.1) is 5.92 Å². The van der Waals surface area contributed by atoms with Crippen molar-refractivity contribution in [2.75, 3.05) is 39.6 Å². The van der Waals surface area contributed by atoms with Gasteiger partial charge in [0, 0.05) is 25.7 Å². The van der Waals surface area contributed by atoms with Crippen molar-refractivity contribution in [1.82, 2.24) is 0 Å². The molecule has 103 heavy (non-hydrogen) atoms. The second kappa shape index (κ2) is 76.8. The zero-order valence-electron chi connectivity index (χ0n) is 67.5. The van der Waals surface area contributed by atoms with Crippen molar-refractivity contribution >= 4 is 39.5 Å². The molecule has 612 valence electrons. The molecule has 0 aliphatic rings. The lowest BCUT2D eigenvalue weighted by Crippen LogP contribution is -2.30. The molecule has 0 amide bonds. The maximum atomic E-state index is 13.1. The van der Waals surface area contributed by atoms with Crippen molar-refractivity contribution in [3.63, 3.8) is 0 Å². The summed E-state index contributed by atoms with van der Waals surface area (Å²) in [6.45, 7) is 7.36. The van der Waals surface area contributed by atoms with Crippen molar-refractivity contribution in [3.05, 3.63) is 0 Å². The van der Waals surface area contributed by atoms with Gasteiger partial charge in [0.25, 0.3) is 0 Å². The molecule has 0 aliphatic heterocycles. The first-order chi connectivity index (χ1) is 50.0. The van der Waals surface area contributed by atoms with Gasteiger partial charge in [0.15, 0.2) is 12.2 Å². The third-order valence-electron chi connectivity index (χ3n) is 19.8. The van der Waals surface area contributed by atoms with Crippen LogP contribution in [0.1, 0.15) is 452 Å². The number of aliphatic hydroxyl groups is 1. The maximum Gasteiger partial charge on any atom is 0.472 e. The molecule has 3 N–H and O–H groups in total. The molecule has 0 radical (unpaired) electrons. The molecule has 17 nitrogen and oxygen atoms in total. The van der Waals surface area contributed by atoms with Crippen molar-refractivity contribution in [2.24, 2.45) is 5.92 Å². The van der Waals surface area contributed by atoms with Crippen LogP contribution in [0.4, 0.5) is 0 Å². The summed E-state index contributed by atoms with van der Waals surface area (Å²) in [7, 11) is -9.92. The number of aliphatic hydroxyl groups excluding tert-OH is 1. The van der Waals surface area contributed by atoms with Gasteiger partial charge in [0.05, 0.1) is 26.4 Å².